The third kappa shape index (κ3) is 4.07. The van der Waals surface area contributed by atoms with E-state index < -0.39 is 6.04 Å². The van der Waals surface area contributed by atoms with Crippen molar-refractivity contribution in [2.24, 2.45) is 11.7 Å². The van der Waals surface area contributed by atoms with Gasteiger partial charge in [-0.3, -0.25) is 4.79 Å². The number of carbonyl (C=O) groups is 1. The molecule has 1 aliphatic carbocycles. The predicted octanol–water partition coefficient (Wildman–Crippen LogP) is 3.07. The SMILES string of the molecule is CCC1CCCCC1OC(=O)C(N)Cc1ccccc1. The molecule has 0 heterocycles. The van der Waals surface area contributed by atoms with Crippen molar-refractivity contribution in [1.29, 1.82) is 0 Å². The number of rotatable bonds is 5. The van der Waals surface area contributed by atoms with E-state index in [-0.39, 0.29) is 12.1 Å². The van der Waals surface area contributed by atoms with Crippen molar-refractivity contribution in [3.05, 3.63) is 35.9 Å². The third-order valence-electron chi connectivity index (χ3n) is 4.23. The van der Waals surface area contributed by atoms with E-state index in [1.807, 2.05) is 30.3 Å². The van der Waals surface area contributed by atoms with Crippen LogP contribution in [0.1, 0.15) is 44.6 Å². The van der Waals surface area contributed by atoms with Crippen LogP contribution in [0.15, 0.2) is 30.3 Å². The zero-order valence-electron chi connectivity index (χ0n) is 12.3. The second kappa shape index (κ2) is 7.44. The van der Waals surface area contributed by atoms with Gasteiger partial charge in [0.15, 0.2) is 0 Å². The maximum Gasteiger partial charge on any atom is 0.323 e. The van der Waals surface area contributed by atoms with Gasteiger partial charge in [-0.25, -0.2) is 0 Å². The maximum atomic E-state index is 12.1. The normalized spacial score (nSPS) is 24.1. The Morgan fingerprint density at radius 1 is 1.30 bits per heavy atom. The summed E-state index contributed by atoms with van der Waals surface area (Å²) >= 11 is 0. The first-order valence-electron chi connectivity index (χ1n) is 7.70. The average Bonchev–Trinajstić information content (AvgIpc) is 2.48. The van der Waals surface area contributed by atoms with Crippen molar-refractivity contribution < 1.29 is 9.53 Å². The molecule has 3 nitrogen and oxygen atoms in total. The van der Waals surface area contributed by atoms with Gasteiger partial charge in [-0.2, -0.15) is 0 Å². The van der Waals surface area contributed by atoms with Gasteiger partial charge in [0.25, 0.3) is 0 Å². The van der Waals surface area contributed by atoms with E-state index in [1.165, 1.54) is 12.8 Å². The van der Waals surface area contributed by atoms with Gasteiger partial charge in [0, 0.05) is 0 Å². The monoisotopic (exact) mass is 275 g/mol. The zero-order valence-corrected chi connectivity index (χ0v) is 12.3. The van der Waals surface area contributed by atoms with Gasteiger partial charge in [0.2, 0.25) is 0 Å². The van der Waals surface area contributed by atoms with Crippen LogP contribution in [0.5, 0.6) is 0 Å². The Labute approximate surface area is 121 Å². The van der Waals surface area contributed by atoms with Crippen LogP contribution < -0.4 is 5.73 Å². The Kier molecular flexibility index (Phi) is 5.60. The topological polar surface area (TPSA) is 52.3 Å². The van der Waals surface area contributed by atoms with Crippen molar-refractivity contribution >= 4 is 5.97 Å². The van der Waals surface area contributed by atoms with Gasteiger partial charge < -0.3 is 10.5 Å². The molecule has 0 spiro atoms. The Bertz CT molecular complexity index is 418. The summed E-state index contributed by atoms with van der Waals surface area (Å²) in [4.78, 5) is 12.1. The molecule has 3 heteroatoms. The number of nitrogens with two attached hydrogens (primary N) is 1. The molecule has 1 aromatic rings. The maximum absolute atomic E-state index is 12.1. The van der Waals surface area contributed by atoms with Crippen molar-refractivity contribution in [3.8, 4) is 0 Å². The van der Waals surface area contributed by atoms with E-state index in [0.29, 0.717) is 12.3 Å². The lowest BCUT2D eigenvalue weighted by Crippen LogP contribution is -2.39. The quantitative estimate of drug-likeness (QED) is 0.840. The highest BCUT2D eigenvalue weighted by atomic mass is 16.5. The lowest BCUT2D eigenvalue weighted by atomic mass is 9.85. The van der Waals surface area contributed by atoms with E-state index in [0.717, 1.165) is 24.8 Å². The van der Waals surface area contributed by atoms with Crippen LogP contribution in [-0.4, -0.2) is 18.1 Å². The fourth-order valence-corrected chi connectivity index (χ4v) is 2.98. The van der Waals surface area contributed by atoms with E-state index in [1.54, 1.807) is 0 Å². The smallest absolute Gasteiger partial charge is 0.323 e. The third-order valence-corrected chi connectivity index (χ3v) is 4.23. The summed E-state index contributed by atoms with van der Waals surface area (Å²) in [6, 6.07) is 9.30. The molecule has 0 saturated heterocycles. The highest BCUT2D eigenvalue weighted by Gasteiger charge is 2.28. The number of hydrogen-bond acceptors (Lipinski definition) is 3. The van der Waals surface area contributed by atoms with E-state index >= 15 is 0 Å². The van der Waals surface area contributed by atoms with Crippen LogP contribution in [0.3, 0.4) is 0 Å². The van der Waals surface area contributed by atoms with Crippen LogP contribution in [0.2, 0.25) is 0 Å². The summed E-state index contributed by atoms with van der Waals surface area (Å²) in [7, 11) is 0. The molecule has 1 aromatic carbocycles. The van der Waals surface area contributed by atoms with Gasteiger partial charge in [-0.05, 0) is 43.6 Å². The lowest BCUT2D eigenvalue weighted by molar-refractivity contribution is -0.155. The summed E-state index contributed by atoms with van der Waals surface area (Å²) in [6.07, 6.45) is 6.26. The number of carbonyl (C=O) groups excluding carboxylic acids is 1. The first-order chi connectivity index (χ1) is 9.70. The van der Waals surface area contributed by atoms with Crippen LogP contribution in [0.4, 0.5) is 0 Å². The molecule has 3 atom stereocenters. The molecule has 2 N–H and O–H groups in total. The number of hydrogen-bond donors (Lipinski definition) is 1. The van der Waals surface area contributed by atoms with Gasteiger partial charge >= 0.3 is 5.97 Å². The number of esters is 1. The number of benzene rings is 1. The van der Waals surface area contributed by atoms with Crippen LogP contribution in [0.25, 0.3) is 0 Å². The molecule has 1 saturated carbocycles. The summed E-state index contributed by atoms with van der Waals surface area (Å²) in [5.74, 6) is 0.260. The minimum absolute atomic E-state index is 0.0723. The Morgan fingerprint density at radius 3 is 2.70 bits per heavy atom. The summed E-state index contributed by atoms with van der Waals surface area (Å²) < 4.78 is 5.66. The van der Waals surface area contributed by atoms with Gasteiger partial charge in [-0.1, -0.05) is 43.7 Å². The van der Waals surface area contributed by atoms with Crippen molar-refractivity contribution in [1.82, 2.24) is 0 Å². The minimum Gasteiger partial charge on any atom is -0.461 e. The van der Waals surface area contributed by atoms with Crippen LogP contribution >= 0.6 is 0 Å². The summed E-state index contributed by atoms with van der Waals surface area (Å²) in [5, 5.41) is 0. The lowest BCUT2D eigenvalue weighted by Gasteiger charge is -2.31. The molecule has 20 heavy (non-hydrogen) atoms. The van der Waals surface area contributed by atoms with Crippen molar-refractivity contribution in [2.75, 3.05) is 0 Å². The molecule has 3 unspecified atom stereocenters. The first-order valence-corrected chi connectivity index (χ1v) is 7.70. The molecule has 0 amide bonds. The van der Waals surface area contributed by atoms with Gasteiger partial charge in [0.1, 0.15) is 12.1 Å². The number of ether oxygens (including phenoxy) is 1. The fraction of sp³-hybridized carbons (Fsp3) is 0.588. The zero-order chi connectivity index (χ0) is 14.4. The van der Waals surface area contributed by atoms with Crippen molar-refractivity contribution in [2.45, 2.75) is 57.6 Å². The standard InChI is InChI=1S/C17H25NO2/c1-2-14-10-6-7-11-16(14)20-17(19)15(18)12-13-8-4-3-5-9-13/h3-5,8-9,14-16H,2,6-7,10-12,18H2,1H3. The molecule has 110 valence electrons. The molecule has 0 aromatic heterocycles. The molecule has 2 rings (SSSR count). The van der Waals surface area contributed by atoms with Gasteiger partial charge in [-0.15, -0.1) is 0 Å². The van der Waals surface area contributed by atoms with E-state index in [2.05, 4.69) is 6.92 Å². The average molecular weight is 275 g/mol. The molecule has 1 aliphatic rings. The highest BCUT2D eigenvalue weighted by molar-refractivity contribution is 5.76. The Morgan fingerprint density at radius 2 is 2.00 bits per heavy atom. The fourth-order valence-electron chi connectivity index (χ4n) is 2.98. The van der Waals surface area contributed by atoms with E-state index in [4.69, 9.17) is 10.5 Å². The predicted molar refractivity (Wildman–Crippen MR) is 80.3 cm³/mol. The summed E-state index contributed by atoms with van der Waals surface area (Å²) in [6.45, 7) is 2.17. The Hall–Kier alpha value is -1.35. The van der Waals surface area contributed by atoms with E-state index in [9.17, 15) is 4.79 Å². The Balaban J connectivity index is 1.87. The second-order valence-corrected chi connectivity index (χ2v) is 5.72. The molecule has 1 fully saturated rings. The highest BCUT2D eigenvalue weighted by Crippen LogP contribution is 2.29. The largest absolute Gasteiger partial charge is 0.461 e. The van der Waals surface area contributed by atoms with Crippen molar-refractivity contribution in [3.63, 3.8) is 0 Å². The van der Waals surface area contributed by atoms with Gasteiger partial charge in [0.05, 0.1) is 0 Å². The summed E-state index contributed by atoms with van der Waals surface area (Å²) in [5.41, 5.74) is 7.06. The van der Waals surface area contributed by atoms with Crippen LogP contribution in [0, 0.1) is 5.92 Å². The van der Waals surface area contributed by atoms with Crippen LogP contribution in [-0.2, 0) is 16.0 Å². The second-order valence-electron chi connectivity index (χ2n) is 5.72. The first kappa shape index (κ1) is 15.0. The molecular weight excluding hydrogens is 250 g/mol. The minimum atomic E-state index is -0.558. The molecule has 0 aliphatic heterocycles. The molecule has 0 bridgehead atoms. The molecule has 0 radical (unpaired) electrons. The molecular formula is C17H25NO2.